The smallest absolute Gasteiger partial charge is 0.255 e. The van der Waals surface area contributed by atoms with E-state index in [2.05, 4.69) is 31.4 Å². The Morgan fingerprint density at radius 3 is 2.54 bits per heavy atom. The Bertz CT molecular complexity index is 1780. The maximum Gasteiger partial charge on any atom is 0.255 e. The fraction of sp³-hybridized carbons (Fsp3) is 0.207. The van der Waals surface area contributed by atoms with Crippen molar-refractivity contribution < 1.29 is 9.00 Å². The molecule has 0 aliphatic heterocycles. The molecule has 10 heteroatoms. The highest BCUT2D eigenvalue weighted by atomic mass is 32.2. The minimum atomic E-state index is -2.60. The minimum Gasteiger partial charge on any atom is -0.379 e. The summed E-state index contributed by atoms with van der Waals surface area (Å²) in [5.41, 5.74) is 4.64. The molecule has 0 radical (unpaired) electrons. The first-order valence-corrected chi connectivity index (χ1v) is 14.5. The molecule has 3 fully saturated rings. The fourth-order valence-electron chi connectivity index (χ4n) is 5.75. The predicted octanol–water partition coefficient (Wildman–Crippen LogP) is 5.16. The highest BCUT2D eigenvalue weighted by Crippen LogP contribution is 2.64. The van der Waals surface area contributed by atoms with Crippen molar-refractivity contribution in [2.45, 2.75) is 30.3 Å². The molecule has 3 aromatic carbocycles. The molecule has 7 rings (SSSR count). The molecule has 196 valence electrons. The minimum absolute atomic E-state index is 0.0536. The maximum absolute atomic E-state index is 13.1. The van der Waals surface area contributed by atoms with Crippen LogP contribution in [0, 0.1) is 11.3 Å². The highest BCUT2D eigenvalue weighted by molar-refractivity contribution is 7.90. The molecule has 0 spiro atoms. The Morgan fingerprint density at radius 2 is 1.77 bits per heavy atom. The van der Waals surface area contributed by atoms with Gasteiger partial charge in [0.05, 0.1) is 22.7 Å². The Morgan fingerprint density at radius 1 is 1.03 bits per heavy atom. The topological polar surface area (TPSA) is 145 Å². The molecule has 3 saturated carbocycles. The number of aromatic nitrogens is 1. The van der Waals surface area contributed by atoms with Gasteiger partial charge in [0.15, 0.2) is 0 Å². The molecule has 39 heavy (non-hydrogen) atoms. The second kappa shape index (κ2) is 9.08. The van der Waals surface area contributed by atoms with Crippen molar-refractivity contribution in [3.05, 3.63) is 90.1 Å². The van der Waals surface area contributed by atoms with Crippen molar-refractivity contribution in [2.24, 2.45) is 9.50 Å². The van der Waals surface area contributed by atoms with Gasteiger partial charge in [0, 0.05) is 51.7 Å². The third-order valence-electron chi connectivity index (χ3n) is 7.18. The van der Waals surface area contributed by atoms with Gasteiger partial charge >= 0.3 is 0 Å². The van der Waals surface area contributed by atoms with Gasteiger partial charge in [-0.25, -0.2) is 13.7 Å². The average molecular weight is 538 g/mol. The van der Waals surface area contributed by atoms with E-state index < -0.39 is 9.92 Å². The summed E-state index contributed by atoms with van der Waals surface area (Å²) in [6.07, 6.45) is 5.60. The lowest BCUT2D eigenvalue weighted by Gasteiger charge is -2.68. The van der Waals surface area contributed by atoms with Crippen molar-refractivity contribution in [3.8, 4) is 6.07 Å². The van der Waals surface area contributed by atoms with Crippen LogP contribution in [0.4, 0.5) is 22.7 Å². The third-order valence-corrected chi connectivity index (χ3v) is 7.93. The van der Waals surface area contributed by atoms with Gasteiger partial charge in [-0.3, -0.25) is 9.78 Å². The Hall–Kier alpha value is -4.46. The van der Waals surface area contributed by atoms with Crippen LogP contribution >= 0.6 is 0 Å². The van der Waals surface area contributed by atoms with Crippen LogP contribution in [0.3, 0.4) is 0 Å². The molecule has 2 bridgehead atoms. The number of amides is 1. The Labute approximate surface area is 226 Å². The number of nitrogens with two attached hydrogens (primary N) is 1. The summed E-state index contributed by atoms with van der Waals surface area (Å²) >= 11 is 0. The van der Waals surface area contributed by atoms with E-state index in [0.717, 1.165) is 47.2 Å². The number of fused-ring (bicyclic) bond motifs is 1. The molecular formula is C29H27N7O2S. The van der Waals surface area contributed by atoms with Gasteiger partial charge in [-0.15, -0.1) is 0 Å². The van der Waals surface area contributed by atoms with Gasteiger partial charge in [-0.1, -0.05) is 12.1 Å². The molecule has 5 N–H and O–H groups in total. The first-order valence-electron chi connectivity index (χ1n) is 12.5. The van der Waals surface area contributed by atoms with Crippen molar-refractivity contribution in [3.63, 3.8) is 0 Å². The first kappa shape index (κ1) is 24.9. The number of hydrogen-bond donors (Lipinski definition) is 4. The van der Waals surface area contributed by atoms with Crippen LogP contribution in [0.5, 0.6) is 0 Å². The van der Waals surface area contributed by atoms with E-state index in [9.17, 15) is 14.3 Å². The van der Waals surface area contributed by atoms with E-state index in [1.807, 2.05) is 48.5 Å². The van der Waals surface area contributed by atoms with Gasteiger partial charge in [0.25, 0.3) is 5.91 Å². The van der Waals surface area contributed by atoms with E-state index in [4.69, 9.17) is 5.14 Å². The van der Waals surface area contributed by atoms with Crippen LogP contribution in [0.1, 0.15) is 35.2 Å². The van der Waals surface area contributed by atoms with Crippen molar-refractivity contribution in [2.75, 3.05) is 22.2 Å². The van der Waals surface area contributed by atoms with E-state index >= 15 is 0 Å². The van der Waals surface area contributed by atoms with Crippen LogP contribution in [0.2, 0.25) is 0 Å². The van der Waals surface area contributed by atoms with Gasteiger partial charge in [0.1, 0.15) is 9.92 Å². The molecule has 1 heterocycles. The van der Waals surface area contributed by atoms with Crippen molar-refractivity contribution in [1.82, 2.24) is 4.98 Å². The maximum atomic E-state index is 13.1. The summed E-state index contributed by atoms with van der Waals surface area (Å²) in [4.78, 5) is 17.5. The quantitative estimate of drug-likeness (QED) is 0.256. The summed E-state index contributed by atoms with van der Waals surface area (Å²) < 4.78 is 16.2. The number of carbonyl (C=O) groups excluding carboxylic acids is 1. The second-order valence-electron chi connectivity index (χ2n) is 10.6. The molecule has 1 amide bonds. The van der Waals surface area contributed by atoms with Gasteiger partial charge in [-0.2, -0.15) is 5.26 Å². The van der Waals surface area contributed by atoms with Gasteiger partial charge < -0.3 is 16.0 Å². The zero-order valence-corrected chi connectivity index (χ0v) is 22.1. The number of anilines is 4. The Balaban J connectivity index is 1.14. The van der Waals surface area contributed by atoms with Crippen LogP contribution in [-0.2, 0) is 9.92 Å². The standard InChI is InChI=1S/C29H27N7O2S/c1-39(31,38)36-29-16-28(17-29,18-29)35-23-7-3-6-22(14-23)34-27(37)20-4-2-5-21(13-20)33-26-10-11-32-25-9-8-19(15-30)12-24(25)26/h2-14,35H,16-18H2,1H3,(H,32,33)(H,34,37)(H2,31,36,38). The van der Waals surface area contributed by atoms with Crippen LogP contribution in [-0.4, -0.2) is 32.4 Å². The van der Waals surface area contributed by atoms with E-state index in [0.29, 0.717) is 16.8 Å². The normalized spacial score (nSPS) is 22.4. The number of nitriles is 1. The average Bonchev–Trinajstić information content (AvgIpc) is 2.86. The summed E-state index contributed by atoms with van der Waals surface area (Å²) in [7, 11) is -2.60. The molecule has 3 aliphatic rings. The fourth-order valence-corrected chi connectivity index (χ4v) is 6.71. The summed E-state index contributed by atoms with van der Waals surface area (Å²) in [5, 5.41) is 25.6. The molecule has 1 atom stereocenters. The lowest BCUT2D eigenvalue weighted by Crippen LogP contribution is -2.74. The third kappa shape index (κ3) is 5.02. The van der Waals surface area contributed by atoms with Crippen LogP contribution in [0.15, 0.2) is 83.4 Å². The molecular weight excluding hydrogens is 510 g/mol. The van der Waals surface area contributed by atoms with Crippen LogP contribution < -0.4 is 21.1 Å². The highest BCUT2D eigenvalue weighted by Gasteiger charge is 2.69. The Kier molecular flexibility index (Phi) is 5.79. The monoisotopic (exact) mass is 537 g/mol. The van der Waals surface area contributed by atoms with Gasteiger partial charge in [-0.05, 0) is 79.9 Å². The zero-order chi connectivity index (χ0) is 27.3. The molecule has 9 nitrogen and oxygen atoms in total. The summed E-state index contributed by atoms with van der Waals surface area (Å²) in [5.74, 6) is -0.230. The molecule has 0 saturated heterocycles. The number of nitrogens with zero attached hydrogens (tertiary/aromatic N) is 3. The number of carbonyl (C=O) groups is 1. The SMILES string of the molecule is CS(N)(=O)=NC12CC(Nc3cccc(NC(=O)c4cccc(Nc5ccnc6ccc(C#N)cc56)c4)c3)(C1)C2. The van der Waals surface area contributed by atoms with Crippen LogP contribution in [0.25, 0.3) is 10.9 Å². The lowest BCUT2D eigenvalue weighted by molar-refractivity contribution is -0.0280. The van der Waals surface area contributed by atoms with E-state index in [1.165, 1.54) is 6.26 Å². The van der Waals surface area contributed by atoms with Crippen molar-refractivity contribution in [1.29, 1.82) is 5.26 Å². The van der Waals surface area contributed by atoms with Crippen molar-refractivity contribution >= 4 is 49.5 Å². The van der Waals surface area contributed by atoms with E-state index in [1.54, 1.807) is 30.5 Å². The number of hydrogen-bond acceptors (Lipinski definition) is 7. The molecule has 4 aromatic rings. The second-order valence-corrected chi connectivity index (χ2v) is 12.5. The molecule has 3 aliphatic carbocycles. The first-order chi connectivity index (χ1) is 18.6. The zero-order valence-electron chi connectivity index (χ0n) is 21.3. The number of benzene rings is 3. The predicted molar refractivity (Wildman–Crippen MR) is 154 cm³/mol. The largest absolute Gasteiger partial charge is 0.379 e. The summed E-state index contributed by atoms with van der Waals surface area (Å²) in [6.45, 7) is 0. The molecule has 1 unspecified atom stereocenters. The van der Waals surface area contributed by atoms with Gasteiger partial charge in [0.2, 0.25) is 0 Å². The number of rotatable bonds is 7. The molecule has 1 aromatic heterocycles. The number of nitrogens with one attached hydrogen (secondary N) is 3. The van der Waals surface area contributed by atoms with E-state index in [-0.39, 0.29) is 17.0 Å². The lowest BCUT2D eigenvalue weighted by atomic mass is 9.44. The number of pyridine rings is 1. The summed E-state index contributed by atoms with van der Waals surface area (Å²) in [6, 6.07) is 24.2.